The summed E-state index contributed by atoms with van der Waals surface area (Å²) in [5.74, 6) is 0.200. The molecule has 1 aliphatic rings. The largest absolute Gasteiger partial charge is 0.298 e. The van der Waals surface area contributed by atoms with Crippen molar-refractivity contribution >= 4 is 22.4 Å². The van der Waals surface area contributed by atoms with E-state index in [0.29, 0.717) is 10.7 Å². The van der Waals surface area contributed by atoms with E-state index >= 15 is 0 Å². The lowest BCUT2D eigenvalue weighted by Crippen LogP contribution is -2.32. The molecule has 1 N–H and O–H groups in total. The van der Waals surface area contributed by atoms with Gasteiger partial charge in [-0.05, 0) is 63.0 Å². The minimum atomic E-state index is -0.352. The molecule has 1 aromatic carbocycles. The molecule has 1 fully saturated rings. The topological polar surface area (TPSA) is 45.2 Å². The molecule has 0 aliphatic carbocycles. The summed E-state index contributed by atoms with van der Waals surface area (Å²) in [6, 6.07) is 5.51. The molecule has 128 valence electrons. The molecule has 24 heavy (non-hydrogen) atoms. The summed E-state index contributed by atoms with van der Waals surface area (Å²) in [6.07, 6.45) is 2.48. The quantitative estimate of drug-likeness (QED) is 0.906. The van der Waals surface area contributed by atoms with Crippen molar-refractivity contribution < 1.29 is 9.18 Å². The van der Waals surface area contributed by atoms with Gasteiger partial charge in [0.1, 0.15) is 5.82 Å². The predicted octanol–water partition coefficient (Wildman–Crippen LogP) is 4.07. The molecule has 6 heteroatoms. The van der Waals surface area contributed by atoms with E-state index < -0.39 is 0 Å². The van der Waals surface area contributed by atoms with E-state index in [4.69, 9.17) is 0 Å². The van der Waals surface area contributed by atoms with Gasteiger partial charge in [-0.25, -0.2) is 9.37 Å². The highest BCUT2D eigenvalue weighted by Gasteiger charge is 2.18. The lowest BCUT2D eigenvalue weighted by molar-refractivity contribution is 0.102. The summed E-state index contributed by atoms with van der Waals surface area (Å²) in [5.41, 5.74) is 1.39. The second kappa shape index (κ2) is 7.40. The van der Waals surface area contributed by atoms with Crippen molar-refractivity contribution in [3.05, 3.63) is 46.2 Å². The van der Waals surface area contributed by atoms with Crippen LogP contribution < -0.4 is 5.32 Å². The van der Waals surface area contributed by atoms with E-state index in [0.717, 1.165) is 31.2 Å². The number of amides is 1. The van der Waals surface area contributed by atoms with Gasteiger partial charge < -0.3 is 0 Å². The summed E-state index contributed by atoms with van der Waals surface area (Å²) in [7, 11) is 0. The molecule has 0 saturated carbocycles. The molecule has 0 atom stereocenters. The zero-order valence-corrected chi connectivity index (χ0v) is 14.8. The van der Waals surface area contributed by atoms with Crippen molar-refractivity contribution in [1.82, 2.24) is 9.88 Å². The smallest absolute Gasteiger partial charge is 0.257 e. The van der Waals surface area contributed by atoms with Crippen LogP contribution in [0, 0.1) is 18.7 Å². The molecular weight excluding hydrogens is 325 g/mol. The number of thiazole rings is 1. The van der Waals surface area contributed by atoms with Gasteiger partial charge in [-0.3, -0.25) is 15.0 Å². The molecule has 0 unspecified atom stereocenters. The summed E-state index contributed by atoms with van der Waals surface area (Å²) >= 11 is 1.52. The van der Waals surface area contributed by atoms with Gasteiger partial charge in [0.2, 0.25) is 0 Å². The second-order valence-corrected chi connectivity index (χ2v) is 7.53. The Morgan fingerprint density at radius 3 is 2.67 bits per heavy atom. The van der Waals surface area contributed by atoms with Crippen LogP contribution in [0.5, 0.6) is 0 Å². The minimum Gasteiger partial charge on any atom is -0.298 e. The molecule has 1 saturated heterocycles. The summed E-state index contributed by atoms with van der Waals surface area (Å²) in [5, 5.41) is 3.41. The first-order chi connectivity index (χ1) is 11.5. The Kier molecular flexibility index (Phi) is 5.26. The lowest BCUT2D eigenvalue weighted by atomic mass is 9.99. The van der Waals surface area contributed by atoms with Crippen LogP contribution in [-0.4, -0.2) is 28.9 Å². The van der Waals surface area contributed by atoms with Gasteiger partial charge in [0.05, 0.1) is 5.69 Å². The maximum Gasteiger partial charge on any atom is 0.257 e. The Morgan fingerprint density at radius 2 is 2.00 bits per heavy atom. The third kappa shape index (κ3) is 4.19. The minimum absolute atomic E-state index is 0.262. The van der Waals surface area contributed by atoms with Crippen molar-refractivity contribution in [2.24, 2.45) is 5.92 Å². The third-order valence-electron chi connectivity index (χ3n) is 4.46. The van der Waals surface area contributed by atoms with E-state index in [1.54, 1.807) is 0 Å². The maximum atomic E-state index is 12.9. The number of piperidine rings is 1. The number of benzene rings is 1. The molecule has 2 heterocycles. The number of aromatic nitrogens is 1. The normalized spacial score (nSPS) is 16.3. The van der Waals surface area contributed by atoms with Gasteiger partial charge in [0, 0.05) is 17.0 Å². The fourth-order valence-corrected chi connectivity index (χ4v) is 3.82. The number of aryl methyl sites for hydroxylation is 1. The Balaban J connectivity index is 1.63. The van der Waals surface area contributed by atoms with E-state index in [9.17, 15) is 9.18 Å². The number of rotatable bonds is 4. The van der Waals surface area contributed by atoms with Gasteiger partial charge in [-0.15, -0.1) is 11.3 Å². The number of nitrogens with zero attached hydrogens (tertiary/aromatic N) is 2. The first-order valence-corrected chi connectivity index (χ1v) is 9.08. The zero-order valence-electron chi connectivity index (χ0n) is 14.0. The first kappa shape index (κ1) is 17.0. The average molecular weight is 347 g/mol. The predicted molar refractivity (Wildman–Crippen MR) is 94.9 cm³/mol. The highest BCUT2D eigenvalue weighted by atomic mass is 32.1. The number of halogens is 1. The van der Waals surface area contributed by atoms with Crippen molar-refractivity contribution in [3.63, 3.8) is 0 Å². The molecule has 1 aromatic heterocycles. The Morgan fingerprint density at radius 1 is 1.33 bits per heavy atom. The van der Waals surface area contributed by atoms with Crippen LogP contribution in [0.4, 0.5) is 9.52 Å². The highest BCUT2D eigenvalue weighted by Crippen LogP contribution is 2.26. The first-order valence-electron chi connectivity index (χ1n) is 8.27. The van der Waals surface area contributed by atoms with E-state index in [2.05, 4.69) is 22.1 Å². The molecule has 2 aromatic rings. The van der Waals surface area contributed by atoms with Crippen LogP contribution in [0.1, 0.15) is 40.7 Å². The number of hydrogen-bond donors (Lipinski definition) is 1. The number of carbonyl (C=O) groups excluding carboxylic acids is 1. The maximum absolute atomic E-state index is 12.9. The standard InChI is InChI=1S/C18H22FN3OS/c1-12-7-9-22(10-8-12)11-16-13(2)20-18(24-16)21-17(23)14-3-5-15(19)6-4-14/h3-6,12H,7-11H2,1-2H3,(H,20,21,23). The van der Waals surface area contributed by atoms with Gasteiger partial charge in [-0.2, -0.15) is 0 Å². The molecular formula is C18H22FN3OS. The molecule has 1 aliphatic heterocycles. The molecule has 0 radical (unpaired) electrons. The van der Waals surface area contributed by atoms with Crippen LogP contribution in [0.2, 0.25) is 0 Å². The average Bonchev–Trinajstić information content (AvgIpc) is 2.89. The van der Waals surface area contributed by atoms with E-state index in [-0.39, 0.29) is 11.7 Å². The molecule has 0 spiro atoms. The van der Waals surface area contributed by atoms with Gasteiger partial charge >= 0.3 is 0 Å². The molecule has 3 rings (SSSR count). The van der Waals surface area contributed by atoms with Crippen LogP contribution in [-0.2, 0) is 6.54 Å². The third-order valence-corrected chi connectivity index (χ3v) is 5.52. The second-order valence-electron chi connectivity index (χ2n) is 6.45. The Bertz CT molecular complexity index is 706. The van der Waals surface area contributed by atoms with E-state index in [1.165, 1.54) is 53.3 Å². The van der Waals surface area contributed by atoms with Crippen LogP contribution in [0.15, 0.2) is 24.3 Å². The highest BCUT2D eigenvalue weighted by molar-refractivity contribution is 7.15. The number of carbonyl (C=O) groups is 1. The van der Waals surface area contributed by atoms with Crippen LogP contribution >= 0.6 is 11.3 Å². The van der Waals surface area contributed by atoms with Gasteiger partial charge in [0.15, 0.2) is 5.13 Å². The molecule has 1 amide bonds. The SMILES string of the molecule is Cc1nc(NC(=O)c2ccc(F)cc2)sc1CN1CCC(C)CC1. The fraction of sp³-hybridized carbons (Fsp3) is 0.444. The number of anilines is 1. The summed E-state index contributed by atoms with van der Waals surface area (Å²) in [4.78, 5) is 20.3. The van der Waals surface area contributed by atoms with Crippen molar-refractivity contribution in [2.45, 2.75) is 33.2 Å². The van der Waals surface area contributed by atoms with E-state index in [1.807, 2.05) is 6.92 Å². The summed E-state index contributed by atoms with van der Waals surface area (Å²) in [6.45, 7) is 7.42. The van der Waals surface area contributed by atoms with Gasteiger partial charge in [-0.1, -0.05) is 6.92 Å². The number of hydrogen-bond acceptors (Lipinski definition) is 4. The summed E-state index contributed by atoms with van der Waals surface area (Å²) < 4.78 is 12.9. The zero-order chi connectivity index (χ0) is 17.1. The fourth-order valence-electron chi connectivity index (χ4n) is 2.82. The lowest BCUT2D eigenvalue weighted by Gasteiger charge is -2.29. The van der Waals surface area contributed by atoms with Crippen molar-refractivity contribution in [2.75, 3.05) is 18.4 Å². The van der Waals surface area contributed by atoms with Crippen LogP contribution in [0.3, 0.4) is 0 Å². The van der Waals surface area contributed by atoms with Crippen LogP contribution in [0.25, 0.3) is 0 Å². The Hall–Kier alpha value is -1.79. The van der Waals surface area contributed by atoms with Gasteiger partial charge in [0.25, 0.3) is 5.91 Å². The van der Waals surface area contributed by atoms with Crippen molar-refractivity contribution in [3.8, 4) is 0 Å². The monoisotopic (exact) mass is 347 g/mol. The Labute approximate surface area is 145 Å². The molecule has 0 bridgehead atoms. The number of nitrogens with one attached hydrogen (secondary N) is 1. The number of likely N-dealkylation sites (tertiary alicyclic amines) is 1. The van der Waals surface area contributed by atoms with Crippen molar-refractivity contribution in [1.29, 1.82) is 0 Å². The molecule has 4 nitrogen and oxygen atoms in total.